The second-order valence-electron chi connectivity index (χ2n) is 5.91. The van der Waals surface area contributed by atoms with Crippen LogP contribution in [-0.4, -0.2) is 46.1 Å². The van der Waals surface area contributed by atoms with Crippen LogP contribution in [0.1, 0.15) is 0 Å². The zero-order chi connectivity index (χ0) is 23.7. The molecule has 5 nitrogen and oxygen atoms in total. The minimum Gasteiger partial charge on any atom is -0.320 e. The fourth-order valence-electron chi connectivity index (χ4n) is 2.44. The van der Waals surface area contributed by atoms with Gasteiger partial charge in [-0.15, -0.1) is 0 Å². The highest BCUT2D eigenvalue weighted by Crippen LogP contribution is 2.69. The highest BCUT2D eigenvalue weighted by atomic mass is 19.4. The van der Waals surface area contributed by atoms with Crippen molar-refractivity contribution in [2.45, 2.75) is 35.3 Å². The first-order chi connectivity index (χ1) is 13.2. The smallest absolute Gasteiger partial charge is 0.320 e. The quantitative estimate of drug-likeness (QED) is 0.405. The maximum atomic E-state index is 14.5. The van der Waals surface area contributed by atoms with Gasteiger partial charge in [-0.1, -0.05) is 0 Å². The molecule has 0 aliphatic heterocycles. The van der Waals surface area contributed by atoms with Crippen molar-refractivity contribution in [2.24, 2.45) is 0 Å². The van der Waals surface area contributed by atoms with Crippen molar-refractivity contribution in [3.8, 4) is 0 Å². The topological polar surface area (TPSA) is 72.2 Å². The maximum Gasteiger partial charge on any atom is 0.384 e. The number of non-ortho nitro benzene ring substituents is 1. The standard InChI is InChI=1S/C13H4F12N2O3/c14-5-2-1-4(27(29)30)3-6(5)26-7(28)8(15)9(16,17)11(20,21)13(24,25)12(22,23)10(8,18)19/h1-3H,(H,26,28). The summed E-state index contributed by atoms with van der Waals surface area (Å²) in [6.45, 7) is 0. The lowest BCUT2D eigenvalue weighted by atomic mass is 9.71. The number of rotatable bonds is 3. The molecule has 1 aliphatic carbocycles. The molecule has 0 aromatic heterocycles. The van der Waals surface area contributed by atoms with Gasteiger partial charge in [-0.3, -0.25) is 14.9 Å². The van der Waals surface area contributed by atoms with Crippen LogP contribution in [0.25, 0.3) is 0 Å². The van der Waals surface area contributed by atoms with E-state index in [2.05, 4.69) is 0 Å². The van der Waals surface area contributed by atoms with Crippen molar-refractivity contribution in [3.05, 3.63) is 34.1 Å². The Morgan fingerprint density at radius 1 is 0.800 bits per heavy atom. The van der Waals surface area contributed by atoms with Crippen molar-refractivity contribution >= 4 is 17.3 Å². The molecule has 0 unspecified atom stereocenters. The highest BCUT2D eigenvalue weighted by Gasteiger charge is 3.02. The molecule has 2 rings (SSSR count). The normalized spacial score (nSPS) is 24.7. The van der Waals surface area contributed by atoms with Crippen molar-refractivity contribution < 1.29 is 62.4 Å². The van der Waals surface area contributed by atoms with E-state index in [1.165, 1.54) is 0 Å². The number of halogens is 12. The van der Waals surface area contributed by atoms with E-state index in [0.29, 0.717) is 11.4 Å². The van der Waals surface area contributed by atoms with Gasteiger partial charge in [-0.25, -0.2) is 8.78 Å². The van der Waals surface area contributed by atoms with Crippen molar-refractivity contribution in [1.82, 2.24) is 0 Å². The van der Waals surface area contributed by atoms with E-state index >= 15 is 0 Å². The first-order valence-electron chi connectivity index (χ1n) is 7.05. The van der Waals surface area contributed by atoms with Gasteiger partial charge >= 0.3 is 35.3 Å². The molecule has 168 valence electrons. The number of nitrogens with one attached hydrogen (secondary N) is 1. The molecule has 0 bridgehead atoms. The fraction of sp³-hybridized carbons (Fsp3) is 0.462. The number of alkyl halides is 11. The lowest BCUT2D eigenvalue weighted by molar-refractivity contribution is -0.475. The zero-order valence-corrected chi connectivity index (χ0v) is 13.4. The van der Waals surface area contributed by atoms with Crippen LogP contribution in [-0.2, 0) is 4.79 Å². The molecule has 0 spiro atoms. The molecular weight excluding hydrogens is 460 g/mol. The predicted molar refractivity (Wildman–Crippen MR) is 70.3 cm³/mol. The number of anilines is 1. The molecular formula is C13H4F12N2O3. The Labute approximate surface area is 155 Å². The first-order valence-corrected chi connectivity index (χ1v) is 7.05. The highest BCUT2D eigenvalue weighted by molar-refractivity contribution is 6.00. The van der Waals surface area contributed by atoms with Crippen LogP contribution in [0.4, 0.5) is 64.1 Å². The van der Waals surface area contributed by atoms with Gasteiger partial charge in [0.1, 0.15) is 5.82 Å². The van der Waals surface area contributed by atoms with E-state index in [-0.39, 0.29) is 12.1 Å². The second-order valence-corrected chi connectivity index (χ2v) is 5.91. The Morgan fingerprint density at radius 2 is 1.20 bits per heavy atom. The van der Waals surface area contributed by atoms with E-state index in [9.17, 15) is 67.6 Å². The van der Waals surface area contributed by atoms with Gasteiger partial charge in [0.15, 0.2) is 0 Å². The predicted octanol–water partition coefficient (Wildman–Crippen LogP) is 4.57. The fourth-order valence-corrected chi connectivity index (χ4v) is 2.44. The van der Waals surface area contributed by atoms with E-state index in [0.717, 1.165) is 0 Å². The van der Waals surface area contributed by atoms with Crippen LogP contribution < -0.4 is 5.32 Å². The Kier molecular flexibility index (Phi) is 4.81. The summed E-state index contributed by atoms with van der Waals surface area (Å²) in [6.07, 6.45) is 0. The molecule has 0 radical (unpaired) electrons. The number of amides is 1. The Balaban J connectivity index is 2.70. The van der Waals surface area contributed by atoms with Crippen molar-refractivity contribution in [1.29, 1.82) is 0 Å². The van der Waals surface area contributed by atoms with Crippen LogP contribution in [0.5, 0.6) is 0 Å². The molecule has 17 heteroatoms. The van der Waals surface area contributed by atoms with E-state index < -0.39 is 63.3 Å². The van der Waals surface area contributed by atoms with Crippen LogP contribution in [0.3, 0.4) is 0 Å². The number of carbonyl (C=O) groups excluding carboxylic acids is 1. The van der Waals surface area contributed by atoms with Gasteiger partial charge in [-0.2, -0.15) is 43.9 Å². The summed E-state index contributed by atoms with van der Waals surface area (Å²) >= 11 is 0. The molecule has 30 heavy (non-hydrogen) atoms. The number of hydrogen-bond acceptors (Lipinski definition) is 3. The van der Waals surface area contributed by atoms with E-state index in [1.807, 2.05) is 0 Å². The van der Waals surface area contributed by atoms with Gasteiger partial charge in [-0.05, 0) is 6.07 Å². The molecule has 1 amide bonds. The van der Waals surface area contributed by atoms with Crippen molar-refractivity contribution in [2.75, 3.05) is 5.32 Å². The molecule has 0 heterocycles. The van der Waals surface area contributed by atoms with E-state index in [1.54, 1.807) is 0 Å². The summed E-state index contributed by atoms with van der Waals surface area (Å²) in [6, 6.07) is 0.372. The number of carbonyl (C=O) groups is 1. The third-order valence-corrected chi connectivity index (χ3v) is 4.16. The number of nitro groups is 1. The van der Waals surface area contributed by atoms with Gasteiger partial charge in [0, 0.05) is 12.1 Å². The first kappa shape index (κ1) is 23.5. The SMILES string of the molecule is O=C(Nc1cc([N+](=O)[O-])ccc1F)C1(F)C(F)(F)C(F)(F)C(F)(F)C(F)(F)C1(F)F. The van der Waals surface area contributed by atoms with Crippen molar-refractivity contribution in [3.63, 3.8) is 0 Å². The van der Waals surface area contributed by atoms with Gasteiger partial charge < -0.3 is 5.32 Å². The Hall–Kier alpha value is -2.75. The number of nitrogens with zero attached hydrogens (tertiary/aromatic N) is 1. The number of hydrogen-bond donors (Lipinski definition) is 1. The summed E-state index contributed by atoms with van der Waals surface area (Å²) in [5.41, 5.74) is -9.98. The summed E-state index contributed by atoms with van der Waals surface area (Å²) < 4.78 is 163. The monoisotopic (exact) mass is 464 g/mol. The average Bonchev–Trinajstić information content (AvgIpc) is 2.60. The minimum absolute atomic E-state index is 0.0966. The summed E-state index contributed by atoms with van der Waals surface area (Å²) in [4.78, 5) is 20.9. The number of nitro benzene ring substituents is 1. The lowest BCUT2D eigenvalue weighted by Gasteiger charge is -2.51. The molecule has 1 N–H and O–H groups in total. The third kappa shape index (κ3) is 2.43. The molecule has 1 fully saturated rings. The largest absolute Gasteiger partial charge is 0.384 e. The van der Waals surface area contributed by atoms with Gasteiger partial charge in [0.2, 0.25) is 0 Å². The van der Waals surface area contributed by atoms with E-state index in [4.69, 9.17) is 0 Å². The van der Waals surface area contributed by atoms with Gasteiger partial charge in [0.05, 0.1) is 10.6 Å². The molecule has 0 saturated heterocycles. The number of benzene rings is 1. The molecule has 1 aromatic carbocycles. The zero-order valence-electron chi connectivity index (χ0n) is 13.4. The van der Waals surface area contributed by atoms with Crippen LogP contribution in [0.2, 0.25) is 0 Å². The molecule has 0 atom stereocenters. The Bertz CT molecular complexity index is 887. The Morgan fingerprint density at radius 3 is 1.60 bits per heavy atom. The molecule has 1 aromatic rings. The minimum atomic E-state index is -7.53. The van der Waals surface area contributed by atoms with Crippen LogP contribution >= 0.6 is 0 Å². The summed E-state index contributed by atoms with van der Waals surface area (Å²) in [5, 5.41) is 11.0. The average molecular weight is 464 g/mol. The summed E-state index contributed by atoms with van der Waals surface area (Å²) in [7, 11) is 0. The van der Waals surface area contributed by atoms with Crippen LogP contribution in [0, 0.1) is 15.9 Å². The second kappa shape index (κ2) is 6.13. The lowest BCUT2D eigenvalue weighted by Crippen LogP contribution is -2.86. The molecule has 1 aliphatic rings. The third-order valence-electron chi connectivity index (χ3n) is 4.16. The van der Waals surface area contributed by atoms with Crippen LogP contribution in [0.15, 0.2) is 18.2 Å². The maximum absolute atomic E-state index is 14.5. The molecule has 1 saturated carbocycles. The summed E-state index contributed by atoms with van der Waals surface area (Å²) in [5.74, 6) is -43.2. The van der Waals surface area contributed by atoms with Gasteiger partial charge in [0.25, 0.3) is 11.6 Å².